The summed E-state index contributed by atoms with van der Waals surface area (Å²) in [5, 5.41) is 0. The van der Waals surface area contributed by atoms with Gasteiger partial charge in [-0.25, -0.2) is 9.97 Å². The Morgan fingerprint density at radius 2 is 1.73 bits per heavy atom. The average Bonchev–Trinajstić information content (AvgIpc) is 3.11. The molecule has 1 saturated heterocycles. The monoisotopic (exact) mass is 402 g/mol. The number of imidazole rings is 1. The van der Waals surface area contributed by atoms with Crippen molar-refractivity contribution >= 4 is 16.7 Å². The Labute approximate surface area is 175 Å². The van der Waals surface area contributed by atoms with E-state index in [1.54, 1.807) is 16.7 Å². The van der Waals surface area contributed by atoms with Gasteiger partial charge in [0, 0.05) is 45.0 Å². The molecule has 7 heteroatoms. The van der Waals surface area contributed by atoms with Crippen molar-refractivity contribution in [2.45, 2.75) is 27.1 Å². The Kier molecular flexibility index (Phi) is 4.84. The molecule has 1 aromatic carbocycles. The Bertz CT molecular complexity index is 1270. The van der Waals surface area contributed by atoms with Gasteiger partial charge in [0.25, 0.3) is 5.56 Å². The molecular formula is C23H26N6O. The Morgan fingerprint density at radius 1 is 0.967 bits per heavy atom. The van der Waals surface area contributed by atoms with Crippen LogP contribution in [0, 0.1) is 13.8 Å². The Hall–Kier alpha value is -3.03. The first-order valence-corrected chi connectivity index (χ1v) is 10.4. The zero-order valence-electron chi connectivity index (χ0n) is 17.5. The lowest BCUT2D eigenvalue weighted by Gasteiger charge is -2.34. The van der Waals surface area contributed by atoms with Gasteiger partial charge in [0.1, 0.15) is 5.65 Å². The minimum absolute atomic E-state index is 0.0215. The van der Waals surface area contributed by atoms with Crippen LogP contribution >= 0.6 is 0 Å². The number of aryl methyl sites for hydroxylation is 2. The van der Waals surface area contributed by atoms with Crippen molar-refractivity contribution in [1.29, 1.82) is 0 Å². The minimum atomic E-state index is -0.0215. The summed E-state index contributed by atoms with van der Waals surface area (Å²) in [5.74, 6) is 0. The fraction of sp³-hybridized carbons (Fsp3) is 0.348. The summed E-state index contributed by atoms with van der Waals surface area (Å²) >= 11 is 0. The molecule has 1 aliphatic heterocycles. The van der Waals surface area contributed by atoms with E-state index in [1.807, 2.05) is 24.5 Å². The van der Waals surface area contributed by atoms with E-state index in [4.69, 9.17) is 0 Å². The number of pyridine rings is 1. The molecule has 0 N–H and O–H groups in total. The van der Waals surface area contributed by atoms with Gasteiger partial charge in [-0.2, -0.15) is 0 Å². The van der Waals surface area contributed by atoms with Crippen molar-refractivity contribution in [3.8, 4) is 0 Å². The van der Waals surface area contributed by atoms with Crippen LogP contribution < -0.4 is 5.56 Å². The number of nitrogens with zero attached hydrogens (tertiary/aromatic N) is 6. The first kappa shape index (κ1) is 19.0. The van der Waals surface area contributed by atoms with Gasteiger partial charge >= 0.3 is 0 Å². The smallest absolute Gasteiger partial charge is 0.258 e. The summed E-state index contributed by atoms with van der Waals surface area (Å²) in [6.07, 6.45) is 3.71. The van der Waals surface area contributed by atoms with Crippen LogP contribution in [0.5, 0.6) is 0 Å². The highest BCUT2D eigenvalue weighted by atomic mass is 16.1. The lowest BCUT2D eigenvalue weighted by Crippen LogP contribution is -2.46. The molecular weight excluding hydrogens is 376 g/mol. The summed E-state index contributed by atoms with van der Waals surface area (Å²) in [4.78, 5) is 26.4. The lowest BCUT2D eigenvalue weighted by molar-refractivity contribution is 0.103. The third kappa shape index (κ3) is 3.62. The van der Waals surface area contributed by atoms with Crippen LogP contribution in [-0.4, -0.2) is 54.9 Å². The van der Waals surface area contributed by atoms with Crippen molar-refractivity contribution in [2.24, 2.45) is 0 Å². The molecule has 4 heterocycles. The summed E-state index contributed by atoms with van der Waals surface area (Å²) in [7, 11) is 0. The number of fused-ring (bicyclic) bond motifs is 2. The van der Waals surface area contributed by atoms with Gasteiger partial charge in [0.05, 0.1) is 29.7 Å². The molecule has 1 fully saturated rings. The molecule has 0 spiro atoms. The molecule has 7 nitrogen and oxygen atoms in total. The highest BCUT2D eigenvalue weighted by Gasteiger charge is 2.19. The van der Waals surface area contributed by atoms with E-state index in [2.05, 4.69) is 50.3 Å². The highest BCUT2D eigenvalue weighted by Crippen LogP contribution is 2.19. The molecule has 30 heavy (non-hydrogen) atoms. The molecule has 0 unspecified atom stereocenters. The maximum absolute atomic E-state index is 12.3. The lowest BCUT2D eigenvalue weighted by atomic mass is 10.1. The van der Waals surface area contributed by atoms with Crippen LogP contribution in [0.15, 0.2) is 53.7 Å². The van der Waals surface area contributed by atoms with Crippen molar-refractivity contribution in [3.63, 3.8) is 0 Å². The van der Waals surface area contributed by atoms with E-state index in [0.29, 0.717) is 12.2 Å². The fourth-order valence-electron chi connectivity index (χ4n) is 4.14. The largest absolute Gasteiger partial charge is 0.317 e. The molecule has 5 rings (SSSR count). The van der Waals surface area contributed by atoms with Gasteiger partial charge in [0.15, 0.2) is 0 Å². The van der Waals surface area contributed by atoms with Gasteiger partial charge in [-0.3, -0.25) is 19.0 Å². The van der Waals surface area contributed by atoms with Gasteiger partial charge in [-0.1, -0.05) is 6.07 Å². The fourth-order valence-corrected chi connectivity index (χ4v) is 4.14. The van der Waals surface area contributed by atoms with Crippen molar-refractivity contribution in [1.82, 2.24) is 28.7 Å². The third-order valence-corrected chi connectivity index (χ3v) is 6.06. The van der Waals surface area contributed by atoms with Crippen molar-refractivity contribution in [3.05, 3.63) is 76.1 Å². The molecule has 0 bridgehead atoms. The van der Waals surface area contributed by atoms with Crippen LogP contribution in [-0.2, 0) is 13.2 Å². The summed E-state index contributed by atoms with van der Waals surface area (Å²) in [5.41, 5.74) is 6.36. The normalized spacial score (nSPS) is 15.9. The maximum Gasteiger partial charge on any atom is 0.258 e. The van der Waals surface area contributed by atoms with Gasteiger partial charge in [-0.15, -0.1) is 0 Å². The Balaban J connectivity index is 1.24. The predicted octanol–water partition coefficient (Wildman–Crippen LogP) is 2.44. The number of benzene rings is 1. The maximum atomic E-state index is 12.3. The quantitative estimate of drug-likeness (QED) is 0.525. The number of hydrogen-bond donors (Lipinski definition) is 0. The van der Waals surface area contributed by atoms with Crippen LogP contribution in [0.2, 0.25) is 0 Å². The summed E-state index contributed by atoms with van der Waals surface area (Å²) in [6, 6.07) is 11.7. The summed E-state index contributed by atoms with van der Waals surface area (Å²) < 4.78 is 3.82. The molecule has 0 saturated carbocycles. The predicted molar refractivity (Wildman–Crippen MR) is 118 cm³/mol. The minimum Gasteiger partial charge on any atom is -0.317 e. The SMILES string of the molecule is Cc1cc2ncn(CN3CCN(Cc4cc(=O)n5ccccc5n4)CC3)c2cc1C. The Morgan fingerprint density at radius 3 is 2.57 bits per heavy atom. The zero-order chi connectivity index (χ0) is 20.7. The molecule has 0 amide bonds. The second kappa shape index (κ2) is 7.66. The van der Waals surface area contributed by atoms with Crippen LogP contribution in [0.25, 0.3) is 16.7 Å². The molecule has 0 atom stereocenters. The number of aromatic nitrogens is 4. The first-order valence-electron chi connectivity index (χ1n) is 10.4. The topological polar surface area (TPSA) is 58.7 Å². The second-order valence-electron chi connectivity index (χ2n) is 8.19. The van der Waals surface area contributed by atoms with Crippen molar-refractivity contribution in [2.75, 3.05) is 26.2 Å². The van der Waals surface area contributed by atoms with E-state index < -0.39 is 0 Å². The molecule has 0 aliphatic carbocycles. The van der Waals surface area contributed by atoms with Crippen LogP contribution in [0.1, 0.15) is 16.8 Å². The first-order chi connectivity index (χ1) is 14.6. The number of piperazine rings is 1. The van der Waals surface area contributed by atoms with E-state index in [1.165, 1.54) is 16.6 Å². The molecule has 0 radical (unpaired) electrons. The van der Waals surface area contributed by atoms with E-state index in [-0.39, 0.29) is 5.56 Å². The highest BCUT2D eigenvalue weighted by molar-refractivity contribution is 5.77. The third-order valence-electron chi connectivity index (χ3n) is 6.06. The van der Waals surface area contributed by atoms with Crippen molar-refractivity contribution < 1.29 is 0 Å². The number of hydrogen-bond acceptors (Lipinski definition) is 5. The standard InChI is InChI=1S/C23H26N6O/c1-17-11-20-21(12-18(17)2)28(15-24-20)16-27-9-7-26(8-10-27)14-19-13-23(30)29-6-4-3-5-22(29)25-19/h3-6,11-13,15H,7-10,14,16H2,1-2H3. The van der Waals surface area contributed by atoms with Crippen LogP contribution in [0.4, 0.5) is 0 Å². The van der Waals surface area contributed by atoms with E-state index in [9.17, 15) is 4.79 Å². The van der Waals surface area contributed by atoms with Gasteiger partial charge in [0.2, 0.25) is 0 Å². The van der Waals surface area contributed by atoms with Gasteiger partial charge in [-0.05, 0) is 49.2 Å². The molecule has 154 valence electrons. The average molecular weight is 403 g/mol. The zero-order valence-corrected chi connectivity index (χ0v) is 17.5. The molecule has 3 aromatic heterocycles. The van der Waals surface area contributed by atoms with E-state index in [0.717, 1.165) is 44.1 Å². The molecule has 1 aliphatic rings. The second-order valence-corrected chi connectivity index (χ2v) is 8.19. The summed E-state index contributed by atoms with van der Waals surface area (Å²) in [6.45, 7) is 9.72. The molecule has 4 aromatic rings. The van der Waals surface area contributed by atoms with Gasteiger partial charge < -0.3 is 4.57 Å². The van der Waals surface area contributed by atoms with Crippen LogP contribution in [0.3, 0.4) is 0 Å². The van der Waals surface area contributed by atoms with E-state index >= 15 is 0 Å². The number of rotatable bonds is 4.